The van der Waals surface area contributed by atoms with Gasteiger partial charge < -0.3 is 5.32 Å². The van der Waals surface area contributed by atoms with Gasteiger partial charge in [0.1, 0.15) is 0 Å². The number of amides is 3. The summed E-state index contributed by atoms with van der Waals surface area (Å²) in [5.74, 6) is -0.402. The summed E-state index contributed by atoms with van der Waals surface area (Å²) in [7, 11) is 1.46. The maximum absolute atomic E-state index is 12.1. The third-order valence-electron chi connectivity index (χ3n) is 3.39. The SMILES string of the molecule is CNC(=O)NC(=O)[C@@H](C)N[C@@H](c1ccccc1)c1ccccn1. The molecule has 0 saturated heterocycles. The Morgan fingerprint density at radius 3 is 2.35 bits per heavy atom. The van der Waals surface area contributed by atoms with Crippen molar-refractivity contribution in [3.63, 3.8) is 0 Å². The molecule has 0 radical (unpaired) electrons. The highest BCUT2D eigenvalue weighted by atomic mass is 16.2. The van der Waals surface area contributed by atoms with Crippen LogP contribution in [0.3, 0.4) is 0 Å². The Kier molecular flexibility index (Phi) is 5.82. The summed E-state index contributed by atoms with van der Waals surface area (Å²) in [5, 5.41) is 7.85. The summed E-state index contributed by atoms with van der Waals surface area (Å²) >= 11 is 0. The fourth-order valence-electron chi connectivity index (χ4n) is 2.15. The van der Waals surface area contributed by atoms with E-state index in [-0.39, 0.29) is 6.04 Å². The van der Waals surface area contributed by atoms with Crippen LogP contribution in [-0.4, -0.2) is 30.0 Å². The molecule has 1 aromatic carbocycles. The van der Waals surface area contributed by atoms with Gasteiger partial charge in [-0.2, -0.15) is 0 Å². The van der Waals surface area contributed by atoms with E-state index in [0.717, 1.165) is 11.3 Å². The maximum atomic E-state index is 12.1. The predicted molar refractivity (Wildman–Crippen MR) is 87.7 cm³/mol. The molecule has 3 N–H and O–H groups in total. The number of imide groups is 1. The predicted octanol–water partition coefficient (Wildman–Crippen LogP) is 1.60. The Morgan fingerprint density at radius 2 is 1.74 bits per heavy atom. The summed E-state index contributed by atoms with van der Waals surface area (Å²) in [6.45, 7) is 1.71. The molecule has 2 rings (SSSR count). The Balaban J connectivity index is 2.19. The van der Waals surface area contributed by atoms with Crippen LogP contribution in [0.5, 0.6) is 0 Å². The van der Waals surface area contributed by atoms with E-state index in [1.54, 1.807) is 13.1 Å². The highest BCUT2D eigenvalue weighted by Crippen LogP contribution is 2.20. The van der Waals surface area contributed by atoms with Gasteiger partial charge in [-0.15, -0.1) is 0 Å². The lowest BCUT2D eigenvalue weighted by molar-refractivity contribution is -0.121. The molecule has 0 aliphatic carbocycles. The molecule has 6 heteroatoms. The molecule has 1 aromatic heterocycles. The van der Waals surface area contributed by atoms with Crippen molar-refractivity contribution in [3.05, 3.63) is 66.0 Å². The third kappa shape index (κ3) is 4.62. The zero-order chi connectivity index (χ0) is 16.7. The lowest BCUT2D eigenvalue weighted by Gasteiger charge is -2.22. The van der Waals surface area contributed by atoms with Crippen molar-refractivity contribution in [2.75, 3.05) is 7.05 Å². The van der Waals surface area contributed by atoms with E-state index in [1.165, 1.54) is 7.05 Å². The molecule has 0 aliphatic rings. The van der Waals surface area contributed by atoms with Crippen molar-refractivity contribution in [1.82, 2.24) is 20.9 Å². The molecule has 0 aliphatic heterocycles. The number of benzene rings is 1. The molecular weight excluding hydrogens is 292 g/mol. The summed E-state index contributed by atoms with van der Waals surface area (Å²) in [6.07, 6.45) is 1.71. The second-order valence-corrected chi connectivity index (χ2v) is 5.06. The number of aromatic nitrogens is 1. The van der Waals surface area contributed by atoms with E-state index in [0.29, 0.717) is 0 Å². The smallest absolute Gasteiger partial charge is 0.321 e. The van der Waals surface area contributed by atoms with Gasteiger partial charge in [0.25, 0.3) is 0 Å². The molecule has 0 bridgehead atoms. The average molecular weight is 312 g/mol. The minimum Gasteiger partial charge on any atom is -0.341 e. The van der Waals surface area contributed by atoms with Gasteiger partial charge >= 0.3 is 6.03 Å². The molecule has 2 atom stereocenters. The first-order valence-corrected chi connectivity index (χ1v) is 7.36. The van der Waals surface area contributed by atoms with Crippen LogP contribution in [0.15, 0.2) is 54.7 Å². The quantitative estimate of drug-likeness (QED) is 0.783. The number of nitrogens with zero attached hydrogens (tertiary/aromatic N) is 1. The van der Waals surface area contributed by atoms with Gasteiger partial charge in [0.05, 0.1) is 17.8 Å². The first-order chi connectivity index (χ1) is 11.1. The van der Waals surface area contributed by atoms with Crippen molar-refractivity contribution < 1.29 is 9.59 Å². The van der Waals surface area contributed by atoms with E-state index < -0.39 is 18.0 Å². The van der Waals surface area contributed by atoms with Gasteiger partial charge in [-0.05, 0) is 24.6 Å². The number of hydrogen-bond acceptors (Lipinski definition) is 4. The minimum atomic E-state index is -0.570. The first-order valence-electron chi connectivity index (χ1n) is 7.36. The second kappa shape index (κ2) is 8.05. The number of urea groups is 1. The molecule has 120 valence electrons. The van der Waals surface area contributed by atoms with E-state index in [4.69, 9.17) is 0 Å². The first kappa shape index (κ1) is 16.6. The summed E-state index contributed by atoms with van der Waals surface area (Å²) in [4.78, 5) is 27.7. The number of pyridine rings is 1. The highest BCUT2D eigenvalue weighted by molar-refractivity contribution is 5.96. The molecule has 23 heavy (non-hydrogen) atoms. The topological polar surface area (TPSA) is 83.1 Å². The van der Waals surface area contributed by atoms with Crippen LogP contribution in [-0.2, 0) is 4.79 Å². The molecule has 6 nitrogen and oxygen atoms in total. The monoisotopic (exact) mass is 312 g/mol. The zero-order valence-corrected chi connectivity index (χ0v) is 13.1. The Hall–Kier alpha value is -2.73. The van der Waals surface area contributed by atoms with Crippen LogP contribution < -0.4 is 16.0 Å². The van der Waals surface area contributed by atoms with E-state index >= 15 is 0 Å². The normalized spacial score (nSPS) is 13.0. The number of carbonyl (C=O) groups excluding carboxylic acids is 2. The van der Waals surface area contributed by atoms with Crippen molar-refractivity contribution in [2.24, 2.45) is 0 Å². The van der Waals surface area contributed by atoms with Crippen LogP contribution >= 0.6 is 0 Å². The van der Waals surface area contributed by atoms with Crippen LogP contribution in [0.4, 0.5) is 4.79 Å². The Labute approximate surface area is 135 Å². The van der Waals surface area contributed by atoms with Gasteiger partial charge in [0, 0.05) is 13.2 Å². The Bertz CT molecular complexity index is 607. The van der Waals surface area contributed by atoms with Crippen LogP contribution in [0.25, 0.3) is 0 Å². The van der Waals surface area contributed by atoms with E-state index in [1.807, 2.05) is 48.5 Å². The average Bonchev–Trinajstić information content (AvgIpc) is 2.60. The maximum Gasteiger partial charge on any atom is 0.321 e. The van der Waals surface area contributed by atoms with Gasteiger partial charge in [0.15, 0.2) is 0 Å². The standard InChI is InChI=1S/C17H20N4O2/c1-12(16(22)21-17(23)18-2)20-15(13-8-4-3-5-9-13)14-10-6-7-11-19-14/h3-12,15,20H,1-2H3,(H2,18,21,22,23)/t12-,15+/m1/s1. The fraction of sp³-hybridized carbons (Fsp3) is 0.235. The van der Waals surface area contributed by atoms with Crippen LogP contribution in [0, 0.1) is 0 Å². The molecular formula is C17H20N4O2. The summed E-state index contributed by atoms with van der Waals surface area (Å²) < 4.78 is 0. The number of nitrogens with one attached hydrogen (secondary N) is 3. The highest BCUT2D eigenvalue weighted by Gasteiger charge is 2.22. The van der Waals surface area contributed by atoms with Gasteiger partial charge in [-0.1, -0.05) is 36.4 Å². The molecule has 0 saturated carbocycles. The lowest BCUT2D eigenvalue weighted by Crippen LogP contribution is -2.48. The van der Waals surface area contributed by atoms with Crippen molar-refractivity contribution >= 4 is 11.9 Å². The van der Waals surface area contributed by atoms with Crippen molar-refractivity contribution in [3.8, 4) is 0 Å². The molecule has 2 aromatic rings. The molecule has 1 heterocycles. The molecule has 0 fully saturated rings. The lowest BCUT2D eigenvalue weighted by atomic mass is 10.0. The second-order valence-electron chi connectivity index (χ2n) is 5.06. The molecule has 0 spiro atoms. The molecule has 3 amide bonds. The largest absolute Gasteiger partial charge is 0.341 e. The van der Waals surface area contributed by atoms with E-state index in [2.05, 4.69) is 20.9 Å². The Morgan fingerprint density at radius 1 is 1.04 bits per heavy atom. The minimum absolute atomic E-state index is 0.247. The van der Waals surface area contributed by atoms with E-state index in [9.17, 15) is 9.59 Å². The molecule has 0 unspecified atom stereocenters. The van der Waals surface area contributed by atoms with Crippen LogP contribution in [0.1, 0.15) is 24.2 Å². The number of rotatable bonds is 5. The van der Waals surface area contributed by atoms with Gasteiger partial charge in [0.2, 0.25) is 5.91 Å². The summed E-state index contributed by atoms with van der Waals surface area (Å²) in [5.41, 5.74) is 1.80. The van der Waals surface area contributed by atoms with Gasteiger partial charge in [-0.3, -0.25) is 20.4 Å². The van der Waals surface area contributed by atoms with Crippen molar-refractivity contribution in [1.29, 1.82) is 0 Å². The summed E-state index contributed by atoms with van der Waals surface area (Å²) in [6, 6.07) is 14.0. The number of hydrogen-bond donors (Lipinski definition) is 3. The van der Waals surface area contributed by atoms with Gasteiger partial charge in [-0.25, -0.2) is 4.79 Å². The number of carbonyl (C=O) groups is 2. The zero-order valence-electron chi connectivity index (χ0n) is 13.1. The third-order valence-corrected chi connectivity index (χ3v) is 3.39. The van der Waals surface area contributed by atoms with Crippen LogP contribution in [0.2, 0.25) is 0 Å². The fourth-order valence-corrected chi connectivity index (χ4v) is 2.15. The van der Waals surface area contributed by atoms with Crippen molar-refractivity contribution in [2.45, 2.75) is 19.0 Å².